The third-order valence-electron chi connectivity index (χ3n) is 12.3. The summed E-state index contributed by atoms with van der Waals surface area (Å²) in [5, 5.41) is 7.56. The maximum absolute atomic E-state index is 14.3. The standard InChI is InChI=1S/C27H30F2N4.C23H21F2N3/c1-17-26-22(20-14-18(28)6-8-24(20)32(26)12-10-30(2)3)16-23-21-15-19(29)7-9-25(21)33(27(17)23)13-11-31(4)5;1-13-22-18(16-10-14(24)4-6-20(16)26-22)12-19-17-11-15(25)5-7-21(17)28(23(13)19)9-8-27(2)3/h6-9,14-16H,10-13H2,1-5H3;4-7,10-12,26H,8-9H2,1-3H3. The van der Waals surface area contributed by atoms with Gasteiger partial charge in [-0.15, -0.1) is 0 Å². The van der Waals surface area contributed by atoms with E-state index in [0.29, 0.717) is 0 Å². The van der Waals surface area contributed by atoms with E-state index in [1.807, 2.05) is 32.3 Å². The summed E-state index contributed by atoms with van der Waals surface area (Å²) in [5.41, 5.74) is 10.6. The molecule has 0 saturated carbocycles. The number of aromatic amines is 1. The highest BCUT2D eigenvalue weighted by Crippen LogP contribution is 2.41. The number of nitrogens with zero attached hydrogens (tertiary/aromatic N) is 6. The van der Waals surface area contributed by atoms with Gasteiger partial charge >= 0.3 is 0 Å². The van der Waals surface area contributed by atoms with E-state index in [0.717, 1.165) is 138 Å². The quantitative estimate of drug-likeness (QED) is 0.147. The Balaban J connectivity index is 0.000000158. The average molecular weight is 826 g/mol. The number of H-pyrrole nitrogens is 1. The summed E-state index contributed by atoms with van der Waals surface area (Å²) in [7, 11) is 12.3. The second-order valence-electron chi connectivity index (χ2n) is 17.3. The molecule has 6 aromatic carbocycles. The van der Waals surface area contributed by atoms with Crippen molar-refractivity contribution < 1.29 is 17.6 Å². The number of likely N-dealkylation sites (N-methyl/N-ethyl adjacent to an activating group) is 3. The molecular weight excluding hydrogens is 775 g/mol. The van der Waals surface area contributed by atoms with Crippen LogP contribution in [0, 0.1) is 37.1 Å². The van der Waals surface area contributed by atoms with Crippen molar-refractivity contribution in [1.82, 2.24) is 33.4 Å². The molecule has 0 spiro atoms. The number of hydrogen-bond donors (Lipinski definition) is 1. The molecular formula is C50H51F4N7. The van der Waals surface area contributed by atoms with E-state index < -0.39 is 0 Å². The van der Waals surface area contributed by atoms with E-state index in [4.69, 9.17) is 0 Å². The van der Waals surface area contributed by atoms with Crippen molar-refractivity contribution in [2.24, 2.45) is 0 Å². The van der Waals surface area contributed by atoms with Crippen LogP contribution in [-0.2, 0) is 19.6 Å². The van der Waals surface area contributed by atoms with Gasteiger partial charge in [-0.2, -0.15) is 0 Å². The maximum atomic E-state index is 14.3. The van der Waals surface area contributed by atoms with Gasteiger partial charge in [0.15, 0.2) is 0 Å². The van der Waals surface area contributed by atoms with E-state index >= 15 is 0 Å². The number of fused-ring (bicyclic) bond motifs is 12. The van der Waals surface area contributed by atoms with Gasteiger partial charge in [0.1, 0.15) is 23.3 Å². The third-order valence-corrected chi connectivity index (χ3v) is 12.3. The van der Waals surface area contributed by atoms with Crippen LogP contribution in [0.25, 0.3) is 87.2 Å². The molecule has 4 heterocycles. The molecule has 0 aliphatic heterocycles. The molecule has 1 N–H and O–H groups in total. The van der Waals surface area contributed by atoms with E-state index in [1.165, 1.54) is 24.3 Å². The molecule has 7 nitrogen and oxygen atoms in total. The Morgan fingerprint density at radius 2 is 0.754 bits per heavy atom. The molecule has 0 aliphatic rings. The van der Waals surface area contributed by atoms with Crippen LogP contribution in [-0.4, -0.2) is 95.3 Å². The zero-order chi connectivity index (χ0) is 43.0. The number of aryl methyl sites for hydroxylation is 2. The molecule has 10 aromatic rings. The minimum atomic E-state index is -0.259. The molecule has 0 saturated heterocycles. The Morgan fingerprint density at radius 1 is 0.410 bits per heavy atom. The summed E-state index contributed by atoms with van der Waals surface area (Å²) >= 11 is 0. The fourth-order valence-electron chi connectivity index (χ4n) is 9.46. The van der Waals surface area contributed by atoms with E-state index in [1.54, 1.807) is 30.3 Å². The van der Waals surface area contributed by atoms with Crippen LogP contribution in [0.4, 0.5) is 17.6 Å². The first-order chi connectivity index (χ1) is 29.2. The lowest BCUT2D eigenvalue weighted by molar-refractivity contribution is 0.389. The predicted molar refractivity (Wildman–Crippen MR) is 246 cm³/mol. The number of nitrogens with one attached hydrogen (secondary N) is 1. The summed E-state index contributed by atoms with van der Waals surface area (Å²) < 4.78 is 63.5. The number of halogens is 4. The van der Waals surface area contributed by atoms with Crippen LogP contribution in [0.1, 0.15) is 11.1 Å². The summed E-state index contributed by atoms with van der Waals surface area (Å²) in [6, 6.07) is 24.0. The number of rotatable bonds is 9. The highest BCUT2D eigenvalue weighted by Gasteiger charge is 2.22. The van der Waals surface area contributed by atoms with Gasteiger partial charge in [-0.25, -0.2) is 17.6 Å². The van der Waals surface area contributed by atoms with Crippen LogP contribution < -0.4 is 0 Å². The van der Waals surface area contributed by atoms with Crippen molar-refractivity contribution in [3.8, 4) is 0 Å². The van der Waals surface area contributed by atoms with Gasteiger partial charge in [0.25, 0.3) is 0 Å². The molecule has 0 radical (unpaired) electrons. The Kier molecular flexibility index (Phi) is 10.3. The summed E-state index contributed by atoms with van der Waals surface area (Å²) in [5.74, 6) is -0.995. The largest absolute Gasteiger partial charge is 0.354 e. The Morgan fingerprint density at radius 3 is 1.15 bits per heavy atom. The van der Waals surface area contributed by atoms with Gasteiger partial charge in [0.2, 0.25) is 0 Å². The molecule has 0 fully saturated rings. The minimum Gasteiger partial charge on any atom is -0.354 e. The zero-order valence-electron chi connectivity index (χ0n) is 36.0. The van der Waals surface area contributed by atoms with Crippen molar-refractivity contribution in [2.45, 2.75) is 33.5 Å². The summed E-state index contributed by atoms with van der Waals surface area (Å²) in [4.78, 5) is 9.91. The molecule has 0 amide bonds. The second kappa shape index (κ2) is 15.5. The summed E-state index contributed by atoms with van der Waals surface area (Å²) in [6.45, 7) is 9.27. The van der Waals surface area contributed by atoms with Gasteiger partial charge in [-0.1, -0.05) is 0 Å². The molecule has 0 unspecified atom stereocenters. The highest BCUT2D eigenvalue weighted by atomic mass is 19.1. The van der Waals surface area contributed by atoms with Crippen molar-refractivity contribution in [1.29, 1.82) is 0 Å². The minimum absolute atomic E-state index is 0.244. The van der Waals surface area contributed by atoms with Crippen molar-refractivity contribution in [2.75, 3.05) is 61.9 Å². The molecule has 11 heteroatoms. The Hall–Kier alpha value is -5.88. The van der Waals surface area contributed by atoms with Crippen LogP contribution in [0.2, 0.25) is 0 Å². The summed E-state index contributed by atoms with van der Waals surface area (Å²) in [6.07, 6.45) is 0. The van der Waals surface area contributed by atoms with Gasteiger partial charge in [-0.05, 0) is 152 Å². The molecule has 0 bridgehead atoms. The number of benzene rings is 6. The molecule has 4 aromatic heterocycles. The average Bonchev–Trinajstić information content (AvgIpc) is 3.92. The highest BCUT2D eigenvalue weighted by molar-refractivity contribution is 6.21. The first-order valence-electron chi connectivity index (χ1n) is 20.8. The number of hydrogen-bond acceptors (Lipinski definition) is 3. The first kappa shape index (κ1) is 40.5. The lowest BCUT2D eigenvalue weighted by atomic mass is 10.0. The molecule has 0 atom stereocenters. The molecule has 10 rings (SSSR count). The number of aromatic nitrogens is 4. The van der Waals surface area contributed by atoms with Crippen molar-refractivity contribution >= 4 is 87.2 Å². The lowest BCUT2D eigenvalue weighted by Gasteiger charge is -2.16. The van der Waals surface area contributed by atoms with Crippen LogP contribution >= 0.6 is 0 Å². The van der Waals surface area contributed by atoms with E-state index in [2.05, 4.69) is 87.6 Å². The fourth-order valence-corrected chi connectivity index (χ4v) is 9.46. The maximum Gasteiger partial charge on any atom is 0.123 e. The Bertz CT molecular complexity index is 3220. The zero-order valence-corrected chi connectivity index (χ0v) is 36.0. The molecule has 61 heavy (non-hydrogen) atoms. The Labute approximate surface area is 351 Å². The van der Waals surface area contributed by atoms with Crippen LogP contribution in [0.3, 0.4) is 0 Å². The van der Waals surface area contributed by atoms with Crippen LogP contribution in [0.5, 0.6) is 0 Å². The topological polar surface area (TPSA) is 40.3 Å². The normalized spacial score (nSPS) is 12.4. The molecule has 0 aliphatic carbocycles. The van der Waals surface area contributed by atoms with Crippen molar-refractivity contribution in [3.05, 3.63) is 119 Å². The second-order valence-corrected chi connectivity index (χ2v) is 17.3. The SMILES string of the molecule is Cc1c2[nH]c3ccc(F)cc3c2cc2c3cc(F)ccc3n(CCN(C)C)c12.Cc1c2c(cc3c4cc(F)ccc4n(CCN(C)C)c13)c1cc(F)ccc1n2CCN(C)C. The predicted octanol–water partition coefficient (Wildman–Crippen LogP) is 11.2. The lowest BCUT2D eigenvalue weighted by Crippen LogP contribution is -2.19. The van der Waals surface area contributed by atoms with Crippen LogP contribution in [0.15, 0.2) is 84.9 Å². The third kappa shape index (κ3) is 6.98. The van der Waals surface area contributed by atoms with Gasteiger partial charge in [0, 0.05) is 104 Å². The molecule has 314 valence electrons. The monoisotopic (exact) mass is 825 g/mol. The van der Waals surface area contributed by atoms with Gasteiger partial charge in [-0.3, -0.25) is 0 Å². The smallest absolute Gasteiger partial charge is 0.123 e. The fraction of sp³-hybridized carbons (Fsp3) is 0.280. The van der Waals surface area contributed by atoms with E-state index in [9.17, 15) is 17.6 Å². The van der Waals surface area contributed by atoms with Crippen molar-refractivity contribution in [3.63, 3.8) is 0 Å². The first-order valence-corrected chi connectivity index (χ1v) is 20.8. The van der Waals surface area contributed by atoms with E-state index in [-0.39, 0.29) is 23.3 Å². The van der Waals surface area contributed by atoms with Gasteiger partial charge < -0.3 is 33.4 Å². The van der Waals surface area contributed by atoms with Gasteiger partial charge in [0.05, 0.1) is 22.1 Å².